The number of hydrogen-bond acceptors (Lipinski definition) is 2. The quantitative estimate of drug-likeness (QED) is 0.810. The topological polar surface area (TPSA) is 52.9 Å². The van der Waals surface area contributed by atoms with Crippen LogP contribution in [0.15, 0.2) is 18.2 Å². The van der Waals surface area contributed by atoms with Crippen molar-refractivity contribution < 1.29 is 4.79 Å². The van der Waals surface area contributed by atoms with Crippen molar-refractivity contribution in [2.24, 2.45) is 0 Å². The van der Waals surface area contributed by atoms with Gasteiger partial charge in [-0.2, -0.15) is 5.26 Å². The van der Waals surface area contributed by atoms with Crippen LogP contribution in [0.2, 0.25) is 5.02 Å². The highest BCUT2D eigenvalue weighted by atomic mass is 35.5. The average Bonchev–Trinajstić information content (AvgIpc) is 2.32. The summed E-state index contributed by atoms with van der Waals surface area (Å²) in [6, 6.07) is 6.82. The molecule has 0 fully saturated rings. The maximum absolute atomic E-state index is 11.6. The first-order chi connectivity index (χ1) is 8.17. The Hall–Kier alpha value is -1.53. The molecule has 4 heteroatoms. The van der Waals surface area contributed by atoms with Gasteiger partial charge in [0.1, 0.15) is 0 Å². The molecule has 1 aromatic rings. The molecule has 1 N–H and O–H groups in total. The normalized spacial score (nSPS) is 9.71. The standard InChI is InChI=1S/C13H15ClN2O/c1-2-3-4-5-13(17)16-12-7-6-10(9-15)8-11(12)14/h6-8H,2-5H2,1H3,(H,16,17). The van der Waals surface area contributed by atoms with Crippen molar-refractivity contribution >= 4 is 23.2 Å². The van der Waals surface area contributed by atoms with Gasteiger partial charge < -0.3 is 5.32 Å². The van der Waals surface area contributed by atoms with Gasteiger partial charge in [-0.3, -0.25) is 4.79 Å². The molecule has 1 rings (SSSR count). The van der Waals surface area contributed by atoms with Crippen LogP contribution in [0, 0.1) is 11.3 Å². The predicted octanol–water partition coefficient (Wildman–Crippen LogP) is 3.73. The summed E-state index contributed by atoms with van der Waals surface area (Å²) in [4.78, 5) is 11.6. The number of nitriles is 1. The molecular weight excluding hydrogens is 236 g/mol. The molecule has 0 aliphatic carbocycles. The second-order valence-electron chi connectivity index (χ2n) is 3.81. The highest BCUT2D eigenvalue weighted by Gasteiger charge is 2.06. The van der Waals surface area contributed by atoms with Crippen LogP contribution < -0.4 is 5.32 Å². The van der Waals surface area contributed by atoms with Crippen LogP contribution in [-0.2, 0) is 4.79 Å². The third-order valence-electron chi connectivity index (χ3n) is 2.38. The van der Waals surface area contributed by atoms with E-state index < -0.39 is 0 Å². The van der Waals surface area contributed by atoms with E-state index >= 15 is 0 Å². The fourth-order valence-corrected chi connectivity index (χ4v) is 1.66. The van der Waals surface area contributed by atoms with Crippen molar-refractivity contribution in [1.29, 1.82) is 5.26 Å². The van der Waals surface area contributed by atoms with Gasteiger partial charge in [0, 0.05) is 6.42 Å². The van der Waals surface area contributed by atoms with Gasteiger partial charge in [-0.1, -0.05) is 31.4 Å². The van der Waals surface area contributed by atoms with Gasteiger partial charge >= 0.3 is 0 Å². The van der Waals surface area contributed by atoms with Crippen molar-refractivity contribution in [1.82, 2.24) is 0 Å². The van der Waals surface area contributed by atoms with Crippen LogP contribution in [0.1, 0.15) is 38.2 Å². The number of amides is 1. The number of unbranched alkanes of at least 4 members (excludes halogenated alkanes) is 2. The van der Waals surface area contributed by atoms with Crippen molar-refractivity contribution in [2.45, 2.75) is 32.6 Å². The molecule has 0 aromatic heterocycles. The minimum atomic E-state index is -0.0370. The van der Waals surface area contributed by atoms with Crippen LogP contribution in [0.4, 0.5) is 5.69 Å². The second kappa shape index (κ2) is 6.93. The Balaban J connectivity index is 2.57. The molecule has 0 bridgehead atoms. The van der Waals surface area contributed by atoms with Gasteiger partial charge in [0.05, 0.1) is 22.3 Å². The fraction of sp³-hybridized carbons (Fsp3) is 0.385. The van der Waals surface area contributed by atoms with E-state index in [1.165, 1.54) is 0 Å². The van der Waals surface area contributed by atoms with E-state index in [1.54, 1.807) is 18.2 Å². The highest BCUT2D eigenvalue weighted by Crippen LogP contribution is 2.23. The lowest BCUT2D eigenvalue weighted by Crippen LogP contribution is -2.11. The molecule has 0 spiro atoms. The largest absolute Gasteiger partial charge is 0.325 e. The predicted molar refractivity (Wildman–Crippen MR) is 68.9 cm³/mol. The minimum Gasteiger partial charge on any atom is -0.325 e. The van der Waals surface area contributed by atoms with E-state index in [-0.39, 0.29) is 5.91 Å². The number of hydrogen-bond donors (Lipinski definition) is 1. The van der Waals surface area contributed by atoms with Gasteiger partial charge in [0.15, 0.2) is 0 Å². The monoisotopic (exact) mass is 250 g/mol. The first kappa shape index (κ1) is 13.5. The van der Waals surface area contributed by atoms with Crippen LogP contribution in [0.3, 0.4) is 0 Å². The van der Waals surface area contributed by atoms with E-state index in [0.717, 1.165) is 19.3 Å². The van der Waals surface area contributed by atoms with Crippen LogP contribution >= 0.6 is 11.6 Å². The van der Waals surface area contributed by atoms with Gasteiger partial charge in [-0.15, -0.1) is 0 Å². The Labute approximate surface area is 106 Å². The van der Waals surface area contributed by atoms with E-state index in [1.807, 2.05) is 6.07 Å². The maximum atomic E-state index is 11.6. The Morgan fingerprint density at radius 1 is 1.47 bits per heavy atom. The van der Waals surface area contributed by atoms with Crippen molar-refractivity contribution in [3.63, 3.8) is 0 Å². The molecule has 0 aliphatic rings. The molecule has 90 valence electrons. The van der Waals surface area contributed by atoms with E-state index in [2.05, 4.69) is 12.2 Å². The smallest absolute Gasteiger partial charge is 0.224 e. The molecule has 0 saturated carbocycles. The van der Waals surface area contributed by atoms with E-state index in [0.29, 0.717) is 22.7 Å². The summed E-state index contributed by atoms with van der Waals surface area (Å²) in [5.74, 6) is -0.0370. The molecule has 0 atom stereocenters. The molecule has 0 saturated heterocycles. The minimum absolute atomic E-state index is 0.0370. The summed E-state index contributed by atoms with van der Waals surface area (Å²) in [6.45, 7) is 2.09. The van der Waals surface area contributed by atoms with Crippen LogP contribution in [0.5, 0.6) is 0 Å². The molecule has 1 aromatic carbocycles. The first-order valence-electron chi connectivity index (χ1n) is 5.67. The summed E-state index contributed by atoms with van der Waals surface area (Å²) >= 11 is 5.95. The number of benzene rings is 1. The lowest BCUT2D eigenvalue weighted by atomic mass is 10.2. The lowest BCUT2D eigenvalue weighted by Gasteiger charge is -2.07. The Morgan fingerprint density at radius 3 is 2.82 bits per heavy atom. The number of halogens is 1. The summed E-state index contributed by atoms with van der Waals surface area (Å²) in [5.41, 5.74) is 1.05. The number of nitrogens with zero attached hydrogens (tertiary/aromatic N) is 1. The lowest BCUT2D eigenvalue weighted by molar-refractivity contribution is -0.116. The number of anilines is 1. The zero-order valence-electron chi connectivity index (χ0n) is 9.79. The Kier molecular flexibility index (Phi) is 5.51. The van der Waals surface area contributed by atoms with Gasteiger partial charge in [0.25, 0.3) is 0 Å². The third-order valence-corrected chi connectivity index (χ3v) is 2.69. The van der Waals surface area contributed by atoms with Crippen molar-refractivity contribution in [2.75, 3.05) is 5.32 Å². The van der Waals surface area contributed by atoms with Gasteiger partial charge in [-0.05, 0) is 24.6 Å². The first-order valence-corrected chi connectivity index (χ1v) is 6.04. The molecule has 0 unspecified atom stereocenters. The SMILES string of the molecule is CCCCCC(=O)Nc1ccc(C#N)cc1Cl. The van der Waals surface area contributed by atoms with E-state index in [4.69, 9.17) is 16.9 Å². The average molecular weight is 251 g/mol. The molecule has 17 heavy (non-hydrogen) atoms. The molecule has 0 heterocycles. The third kappa shape index (κ3) is 4.46. The Bertz CT molecular complexity index is 438. The number of carbonyl (C=O) groups excluding carboxylic acids is 1. The molecule has 1 amide bonds. The summed E-state index contributed by atoms with van der Waals surface area (Å²) in [7, 11) is 0. The molecule has 3 nitrogen and oxygen atoms in total. The molecule has 0 radical (unpaired) electrons. The van der Waals surface area contributed by atoms with Crippen LogP contribution in [-0.4, -0.2) is 5.91 Å². The van der Waals surface area contributed by atoms with E-state index in [9.17, 15) is 4.79 Å². The Morgan fingerprint density at radius 2 is 2.24 bits per heavy atom. The number of rotatable bonds is 5. The van der Waals surface area contributed by atoms with Crippen molar-refractivity contribution in [3.8, 4) is 6.07 Å². The second-order valence-corrected chi connectivity index (χ2v) is 4.22. The van der Waals surface area contributed by atoms with Crippen LogP contribution in [0.25, 0.3) is 0 Å². The maximum Gasteiger partial charge on any atom is 0.224 e. The number of carbonyl (C=O) groups is 1. The zero-order valence-corrected chi connectivity index (χ0v) is 10.5. The summed E-state index contributed by atoms with van der Waals surface area (Å²) in [5, 5.41) is 11.8. The van der Waals surface area contributed by atoms with Gasteiger partial charge in [-0.25, -0.2) is 0 Å². The number of nitrogens with one attached hydrogen (secondary N) is 1. The fourth-order valence-electron chi connectivity index (χ4n) is 1.43. The highest BCUT2D eigenvalue weighted by molar-refractivity contribution is 6.33. The van der Waals surface area contributed by atoms with Crippen molar-refractivity contribution in [3.05, 3.63) is 28.8 Å². The zero-order chi connectivity index (χ0) is 12.7. The summed E-state index contributed by atoms with van der Waals surface area (Å²) in [6.07, 6.45) is 3.53. The summed E-state index contributed by atoms with van der Waals surface area (Å²) < 4.78 is 0. The molecular formula is C13H15ClN2O. The van der Waals surface area contributed by atoms with Gasteiger partial charge in [0.2, 0.25) is 5.91 Å². The molecule has 0 aliphatic heterocycles.